The topological polar surface area (TPSA) is 113 Å². The van der Waals surface area contributed by atoms with Crippen molar-refractivity contribution in [2.75, 3.05) is 0 Å². The van der Waals surface area contributed by atoms with Crippen LogP contribution in [0, 0.1) is 0 Å². The molecule has 1 aliphatic carbocycles. The van der Waals surface area contributed by atoms with Crippen molar-refractivity contribution in [3.05, 3.63) is 65.2 Å². The molecule has 2 aromatic carbocycles. The van der Waals surface area contributed by atoms with E-state index in [1.165, 1.54) is 0 Å². The standard InChI is InChI=1S/C22H25NO6S/c1-2-14(22(25)26)15-9-6-10-16-19-18(29-21(15)16)11-17(24)20(19)23-30(27,28)12-13-7-4-3-5-8-13/h3-10,14,17-20,23-24H,2,11-12H2,1H3,(H,25,26). The molecule has 3 N–H and O–H groups in total. The van der Waals surface area contributed by atoms with Gasteiger partial charge in [-0.15, -0.1) is 0 Å². The number of hydrogen-bond acceptors (Lipinski definition) is 5. The molecule has 1 heterocycles. The lowest BCUT2D eigenvalue weighted by Crippen LogP contribution is -2.43. The minimum Gasteiger partial charge on any atom is -0.489 e. The summed E-state index contributed by atoms with van der Waals surface area (Å²) in [5.74, 6) is -1.66. The minimum absolute atomic E-state index is 0.181. The molecule has 7 nitrogen and oxygen atoms in total. The second-order valence-electron chi connectivity index (χ2n) is 7.94. The fourth-order valence-electron chi connectivity index (χ4n) is 4.64. The van der Waals surface area contributed by atoms with Crippen LogP contribution in [-0.2, 0) is 20.6 Å². The number of carbonyl (C=O) groups is 1. The predicted molar refractivity (Wildman–Crippen MR) is 111 cm³/mol. The first-order valence-electron chi connectivity index (χ1n) is 10.0. The third-order valence-electron chi connectivity index (χ3n) is 5.98. The zero-order valence-corrected chi connectivity index (χ0v) is 17.4. The second-order valence-corrected chi connectivity index (χ2v) is 9.69. The number of carboxylic acid groups (broad SMARTS) is 1. The van der Waals surface area contributed by atoms with Crippen molar-refractivity contribution in [2.45, 2.75) is 55.6 Å². The molecule has 8 heteroatoms. The number of nitrogens with one attached hydrogen (secondary N) is 1. The first kappa shape index (κ1) is 20.8. The third kappa shape index (κ3) is 3.82. The van der Waals surface area contributed by atoms with E-state index in [0.29, 0.717) is 23.3 Å². The highest BCUT2D eigenvalue weighted by Gasteiger charge is 2.51. The molecule has 0 spiro atoms. The number of aliphatic hydroxyl groups is 1. The summed E-state index contributed by atoms with van der Waals surface area (Å²) >= 11 is 0. The normalized spacial score (nSPS) is 25.9. The molecule has 2 aromatic rings. The van der Waals surface area contributed by atoms with E-state index in [9.17, 15) is 23.4 Å². The molecule has 2 aliphatic rings. The molecule has 1 aliphatic heterocycles. The Bertz CT molecular complexity index is 1040. The summed E-state index contributed by atoms with van der Waals surface area (Å²) in [6.45, 7) is 1.80. The molecule has 1 saturated carbocycles. The summed E-state index contributed by atoms with van der Waals surface area (Å²) in [5, 5.41) is 20.1. The lowest BCUT2D eigenvalue weighted by Gasteiger charge is -2.22. The number of aliphatic hydroxyl groups excluding tert-OH is 1. The van der Waals surface area contributed by atoms with Crippen molar-refractivity contribution in [2.24, 2.45) is 0 Å². The summed E-state index contributed by atoms with van der Waals surface area (Å²) in [7, 11) is -3.70. The summed E-state index contributed by atoms with van der Waals surface area (Å²) in [5.41, 5.74) is 2.00. The summed E-state index contributed by atoms with van der Waals surface area (Å²) in [6.07, 6.45) is -0.586. The Kier molecular flexibility index (Phi) is 5.57. The van der Waals surface area contributed by atoms with Crippen molar-refractivity contribution >= 4 is 16.0 Å². The Morgan fingerprint density at radius 3 is 2.60 bits per heavy atom. The van der Waals surface area contributed by atoms with Crippen LogP contribution in [0.4, 0.5) is 0 Å². The summed E-state index contributed by atoms with van der Waals surface area (Å²) in [6, 6.07) is 13.5. The third-order valence-corrected chi connectivity index (χ3v) is 7.32. The maximum Gasteiger partial charge on any atom is 0.311 e. The van der Waals surface area contributed by atoms with Gasteiger partial charge in [0.05, 0.1) is 23.8 Å². The lowest BCUT2D eigenvalue weighted by molar-refractivity contribution is -0.138. The zero-order valence-electron chi connectivity index (χ0n) is 16.6. The Labute approximate surface area is 175 Å². The van der Waals surface area contributed by atoms with Gasteiger partial charge in [0.25, 0.3) is 0 Å². The Morgan fingerprint density at radius 1 is 1.20 bits per heavy atom. The largest absolute Gasteiger partial charge is 0.489 e. The quantitative estimate of drug-likeness (QED) is 0.620. The Morgan fingerprint density at radius 2 is 1.93 bits per heavy atom. The molecule has 1 fully saturated rings. The molecule has 0 radical (unpaired) electrons. The van der Waals surface area contributed by atoms with Gasteiger partial charge in [0.15, 0.2) is 0 Å². The van der Waals surface area contributed by atoms with Crippen LogP contribution in [0.3, 0.4) is 0 Å². The smallest absolute Gasteiger partial charge is 0.311 e. The average molecular weight is 432 g/mol. The van der Waals surface area contributed by atoms with Crippen LogP contribution in [-0.4, -0.2) is 42.8 Å². The van der Waals surface area contributed by atoms with Crippen LogP contribution in [0.25, 0.3) is 0 Å². The molecule has 0 amide bonds. The van der Waals surface area contributed by atoms with E-state index in [0.717, 1.165) is 5.56 Å². The van der Waals surface area contributed by atoms with Crippen LogP contribution in [0.15, 0.2) is 48.5 Å². The van der Waals surface area contributed by atoms with Crippen molar-refractivity contribution in [1.82, 2.24) is 4.72 Å². The molecule has 4 rings (SSSR count). The number of benzene rings is 2. The van der Waals surface area contributed by atoms with Crippen molar-refractivity contribution in [1.29, 1.82) is 0 Å². The molecule has 5 unspecified atom stereocenters. The van der Waals surface area contributed by atoms with Crippen molar-refractivity contribution in [3.63, 3.8) is 0 Å². The number of fused-ring (bicyclic) bond motifs is 3. The Hall–Kier alpha value is -2.42. The number of ether oxygens (including phenoxy) is 1. The van der Waals surface area contributed by atoms with Crippen LogP contribution >= 0.6 is 0 Å². The number of rotatable bonds is 7. The van der Waals surface area contributed by atoms with E-state index in [4.69, 9.17) is 4.74 Å². The van der Waals surface area contributed by atoms with Gasteiger partial charge in [-0.1, -0.05) is 55.5 Å². The van der Waals surface area contributed by atoms with Gasteiger partial charge in [0.1, 0.15) is 11.9 Å². The summed E-state index contributed by atoms with van der Waals surface area (Å²) < 4.78 is 34.3. The van der Waals surface area contributed by atoms with Crippen molar-refractivity contribution < 1.29 is 28.2 Å². The van der Waals surface area contributed by atoms with E-state index in [-0.39, 0.29) is 18.1 Å². The maximum absolute atomic E-state index is 12.8. The fraction of sp³-hybridized carbons (Fsp3) is 0.409. The van der Waals surface area contributed by atoms with E-state index in [1.807, 2.05) is 12.1 Å². The SMILES string of the molecule is CCC(C(=O)O)c1cccc2c1OC1CC(O)C(NS(=O)(=O)Cc3ccccc3)C21. The van der Waals surface area contributed by atoms with Gasteiger partial charge >= 0.3 is 5.97 Å². The predicted octanol–water partition coefficient (Wildman–Crippen LogP) is 2.36. The lowest BCUT2D eigenvalue weighted by atomic mass is 9.89. The number of para-hydroxylation sites is 1. The van der Waals surface area contributed by atoms with Gasteiger partial charge in [0.2, 0.25) is 10.0 Å². The van der Waals surface area contributed by atoms with Crippen LogP contribution in [0.1, 0.15) is 48.3 Å². The van der Waals surface area contributed by atoms with Gasteiger partial charge in [-0.3, -0.25) is 4.79 Å². The first-order chi connectivity index (χ1) is 14.3. The highest BCUT2D eigenvalue weighted by Crippen LogP contribution is 2.50. The average Bonchev–Trinajstić information content (AvgIpc) is 3.19. The fourth-order valence-corrected chi connectivity index (χ4v) is 6.07. The van der Waals surface area contributed by atoms with E-state index < -0.39 is 40.2 Å². The highest BCUT2D eigenvalue weighted by molar-refractivity contribution is 7.88. The van der Waals surface area contributed by atoms with Crippen LogP contribution in [0.2, 0.25) is 0 Å². The summed E-state index contributed by atoms with van der Waals surface area (Å²) in [4.78, 5) is 11.7. The van der Waals surface area contributed by atoms with Gasteiger partial charge < -0.3 is 14.9 Å². The molecule has 30 heavy (non-hydrogen) atoms. The van der Waals surface area contributed by atoms with Gasteiger partial charge in [0, 0.05) is 23.5 Å². The second kappa shape index (κ2) is 8.02. The zero-order chi connectivity index (χ0) is 21.5. The maximum atomic E-state index is 12.8. The minimum atomic E-state index is -3.70. The van der Waals surface area contributed by atoms with Gasteiger partial charge in [-0.25, -0.2) is 13.1 Å². The molecule has 0 bridgehead atoms. The van der Waals surface area contributed by atoms with Crippen LogP contribution < -0.4 is 9.46 Å². The van der Waals surface area contributed by atoms with Gasteiger partial charge in [-0.2, -0.15) is 0 Å². The molecular weight excluding hydrogens is 406 g/mol. The van der Waals surface area contributed by atoms with E-state index in [1.54, 1.807) is 43.3 Å². The molecule has 0 saturated heterocycles. The molecule has 160 valence electrons. The number of sulfonamides is 1. The molecular formula is C22H25NO6S. The van der Waals surface area contributed by atoms with Crippen LogP contribution in [0.5, 0.6) is 5.75 Å². The Balaban J connectivity index is 1.63. The molecule has 5 atom stereocenters. The first-order valence-corrected chi connectivity index (χ1v) is 11.7. The molecule has 0 aromatic heterocycles. The van der Waals surface area contributed by atoms with Crippen molar-refractivity contribution in [3.8, 4) is 5.75 Å². The van der Waals surface area contributed by atoms with Gasteiger partial charge in [-0.05, 0) is 12.0 Å². The number of carboxylic acids is 1. The van der Waals surface area contributed by atoms with E-state index in [2.05, 4.69) is 4.72 Å². The monoisotopic (exact) mass is 431 g/mol. The van der Waals surface area contributed by atoms with E-state index >= 15 is 0 Å². The highest BCUT2D eigenvalue weighted by atomic mass is 32.2. The number of hydrogen-bond donors (Lipinski definition) is 3. The number of aliphatic carboxylic acids is 1.